The standard InChI is InChI=1S/C18H21ClFN/c1-2-13-21-17(14-7-4-3-5-8-14)12-11-15-9-6-10-16(19)18(15)20/h3-10,17,21H,2,11-13H2,1H3. The molecule has 21 heavy (non-hydrogen) atoms. The van der Waals surface area contributed by atoms with E-state index in [1.807, 2.05) is 24.3 Å². The molecule has 0 fully saturated rings. The lowest BCUT2D eigenvalue weighted by atomic mass is 9.98. The van der Waals surface area contributed by atoms with Gasteiger partial charge >= 0.3 is 0 Å². The fourth-order valence-electron chi connectivity index (χ4n) is 2.43. The molecule has 1 atom stereocenters. The Kier molecular flexibility index (Phi) is 6.21. The predicted molar refractivity (Wildman–Crippen MR) is 87.2 cm³/mol. The van der Waals surface area contributed by atoms with Crippen molar-refractivity contribution < 1.29 is 4.39 Å². The summed E-state index contributed by atoms with van der Waals surface area (Å²) < 4.78 is 14.0. The van der Waals surface area contributed by atoms with Gasteiger partial charge in [-0.2, -0.15) is 0 Å². The first-order valence-corrected chi connectivity index (χ1v) is 7.81. The number of nitrogens with one attached hydrogen (secondary N) is 1. The van der Waals surface area contributed by atoms with E-state index in [1.54, 1.807) is 12.1 Å². The van der Waals surface area contributed by atoms with Gasteiger partial charge in [-0.1, -0.05) is 61.0 Å². The van der Waals surface area contributed by atoms with Crippen molar-refractivity contribution in [1.82, 2.24) is 5.32 Å². The SMILES string of the molecule is CCCNC(CCc1cccc(Cl)c1F)c1ccccc1. The van der Waals surface area contributed by atoms with Gasteiger partial charge in [0.15, 0.2) is 0 Å². The van der Waals surface area contributed by atoms with Gasteiger partial charge < -0.3 is 5.32 Å². The first kappa shape index (κ1) is 16.0. The zero-order valence-electron chi connectivity index (χ0n) is 12.3. The monoisotopic (exact) mass is 305 g/mol. The predicted octanol–water partition coefficient (Wildman–Crippen LogP) is 5.15. The Morgan fingerprint density at radius 1 is 1.10 bits per heavy atom. The number of halogens is 2. The summed E-state index contributed by atoms with van der Waals surface area (Å²) >= 11 is 5.84. The van der Waals surface area contributed by atoms with E-state index in [0.29, 0.717) is 12.0 Å². The van der Waals surface area contributed by atoms with Crippen LogP contribution in [0.25, 0.3) is 0 Å². The van der Waals surface area contributed by atoms with E-state index in [2.05, 4.69) is 24.4 Å². The smallest absolute Gasteiger partial charge is 0.144 e. The Morgan fingerprint density at radius 3 is 2.57 bits per heavy atom. The average molecular weight is 306 g/mol. The highest BCUT2D eigenvalue weighted by atomic mass is 35.5. The van der Waals surface area contributed by atoms with Crippen LogP contribution in [-0.4, -0.2) is 6.54 Å². The van der Waals surface area contributed by atoms with Crippen molar-refractivity contribution in [2.24, 2.45) is 0 Å². The van der Waals surface area contributed by atoms with Gasteiger partial charge in [-0.3, -0.25) is 0 Å². The van der Waals surface area contributed by atoms with Crippen molar-refractivity contribution in [2.45, 2.75) is 32.2 Å². The number of aryl methyl sites for hydroxylation is 1. The molecule has 0 saturated carbocycles. The molecule has 2 aromatic carbocycles. The van der Waals surface area contributed by atoms with Crippen molar-refractivity contribution in [3.8, 4) is 0 Å². The molecular formula is C18H21ClFN. The van der Waals surface area contributed by atoms with Crippen LogP contribution in [0.1, 0.15) is 36.9 Å². The minimum Gasteiger partial charge on any atom is -0.310 e. The molecular weight excluding hydrogens is 285 g/mol. The molecule has 3 heteroatoms. The second kappa shape index (κ2) is 8.16. The van der Waals surface area contributed by atoms with Crippen LogP contribution in [-0.2, 0) is 6.42 Å². The van der Waals surface area contributed by atoms with Crippen LogP contribution in [0.3, 0.4) is 0 Å². The molecule has 0 aliphatic rings. The molecule has 0 amide bonds. The quantitative estimate of drug-likeness (QED) is 0.745. The zero-order valence-corrected chi connectivity index (χ0v) is 13.0. The van der Waals surface area contributed by atoms with Gasteiger partial charge in [0, 0.05) is 6.04 Å². The van der Waals surface area contributed by atoms with Crippen LogP contribution in [0.15, 0.2) is 48.5 Å². The lowest BCUT2D eigenvalue weighted by Crippen LogP contribution is -2.22. The topological polar surface area (TPSA) is 12.0 Å². The second-order valence-electron chi connectivity index (χ2n) is 5.17. The molecule has 0 spiro atoms. The molecule has 1 nitrogen and oxygen atoms in total. The minimum absolute atomic E-state index is 0.199. The first-order chi connectivity index (χ1) is 10.2. The third-order valence-electron chi connectivity index (χ3n) is 3.58. The Bertz CT molecular complexity index is 556. The Morgan fingerprint density at radius 2 is 1.86 bits per heavy atom. The number of benzene rings is 2. The van der Waals surface area contributed by atoms with Gasteiger partial charge in [0.1, 0.15) is 5.82 Å². The van der Waals surface area contributed by atoms with Gasteiger partial charge in [-0.05, 0) is 43.0 Å². The number of hydrogen-bond donors (Lipinski definition) is 1. The van der Waals surface area contributed by atoms with Crippen LogP contribution in [0.4, 0.5) is 4.39 Å². The molecule has 112 valence electrons. The van der Waals surface area contributed by atoms with Crippen LogP contribution < -0.4 is 5.32 Å². The second-order valence-corrected chi connectivity index (χ2v) is 5.58. The van der Waals surface area contributed by atoms with Crippen LogP contribution in [0.5, 0.6) is 0 Å². The van der Waals surface area contributed by atoms with Gasteiger partial charge in [-0.25, -0.2) is 4.39 Å². The zero-order chi connectivity index (χ0) is 15.1. The summed E-state index contributed by atoms with van der Waals surface area (Å²) in [7, 11) is 0. The van der Waals surface area contributed by atoms with Crippen molar-refractivity contribution in [3.63, 3.8) is 0 Å². The third kappa shape index (κ3) is 4.55. The molecule has 0 heterocycles. The summed E-state index contributed by atoms with van der Waals surface area (Å²) in [6.07, 6.45) is 2.60. The van der Waals surface area contributed by atoms with E-state index in [-0.39, 0.29) is 16.9 Å². The van der Waals surface area contributed by atoms with Crippen molar-refractivity contribution in [1.29, 1.82) is 0 Å². The Labute approximate surface area is 131 Å². The van der Waals surface area contributed by atoms with Crippen LogP contribution in [0.2, 0.25) is 5.02 Å². The normalized spacial score (nSPS) is 12.3. The van der Waals surface area contributed by atoms with Gasteiger partial charge in [0.05, 0.1) is 5.02 Å². The van der Waals surface area contributed by atoms with Crippen LogP contribution >= 0.6 is 11.6 Å². The lowest BCUT2D eigenvalue weighted by Gasteiger charge is -2.19. The fourth-order valence-corrected chi connectivity index (χ4v) is 2.63. The third-order valence-corrected chi connectivity index (χ3v) is 3.87. The Balaban J connectivity index is 2.07. The number of rotatable bonds is 7. The molecule has 0 aliphatic carbocycles. The minimum atomic E-state index is -0.290. The molecule has 2 aromatic rings. The van der Waals surface area contributed by atoms with E-state index < -0.39 is 0 Å². The summed E-state index contributed by atoms with van der Waals surface area (Å²) in [5.74, 6) is -0.290. The molecule has 0 aliphatic heterocycles. The molecule has 0 saturated heterocycles. The highest BCUT2D eigenvalue weighted by Gasteiger charge is 2.13. The molecule has 1 N–H and O–H groups in total. The maximum atomic E-state index is 14.0. The van der Waals surface area contributed by atoms with Crippen molar-refractivity contribution >= 4 is 11.6 Å². The summed E-state index contributed by atoms with van der Waals surface area (Å²) in [4.78, 5) is 0. The summed E-state index contributed by atoms with van der Waals surface area (Å²) in [5.41, 5.74) is 1.93. The van der Waals surface area contributed by atoms with E-state index >= 15 is 0 Å². The maximum absolute atomic E-state index is 14.0. The lowest BCUT2D eigenvalue weighted by molar-refractivity contribution is 0.493. The van der Waals surface area contributed by atoms with Gasteiger partial charge in [-0.15, -0.1) is 0 Å². The highest BCUT2D eigenvalue weighted by molar-refractivity contribution is 6.30. The van der Waals surface area contributed by atoms with Crippen LogP contribution in [0, 0.1) is 5.82 Å². The van der Waals surface area contributed by atoms with E-state index in [1.165, 1.54) is 5.56 Å². The molecule has 2 rings (SSSR count). The van der Waals surface area contributed by atoms with E-state index in [4.69, 9.17) is 11.6 Å². The molecule has 0 aromatic heterocycles. The summed E-state index contributed by atoms with van der Waals surface area (Å²) in [5, 5.41) is 3.73. The summed E-state index contributed by atoms with van der Waals surface area (Å²) in [6.45, 7) is 3.10. The van der Waals surface area contributed by atoms with E-state index in [9.17, 15) is 4.39 Å². The van der Waals surface area contributed by atoms with Crippen molar-refractivity contribution in [2.75, 3.05) is 6.54 Å². The summed E-state index contributed by atoms with van der Waals surface area (Å²) in [6, 6.07) is 15.8. The van der Waals surface area contributed by atoms with Gasteiger partial charge in [0.25, 0.3) is 0 Å². The first-order valence-electron chi connectivity index (χ1n) is 7.43. The maximum Gasteiger partial charge on any atom is 0.144 e. The molecule has 0 bridgehead atoms. The Hall–Kier alpha value is -1.38. The largest absolute Gasteiger partial charge is 0.310 e. The van der Waals surface area contributed by atoms with Crippen molar-refractivity contribution in [3.05, 3.63) is 70.5 Å². The highest BCUT2D eigenvalue weighted by Crippen LogP contribution is 2.23. The number of hydrogen-bond acceptors (Lipinski definition) is 1. The fraction of sp³-hybridized carbons (Fsp3) is 0.333. The average Bonchev–Trinajstić information content (AvgIpc) is 2.52. The van der Waals surface area contributed by atoms with Gasteiger partial charge in [0.2, 0.25) is 0 Å². The van der Waals surface area contributed by atoms with E-state index in [0.717, 1.165) is 19.4 Å². The molecule has 0 radical (unpaired) electrons. The molecule has 1 unspecified atom stereocenters.